The van der Waals surface area contributed by atoms with Crippen LogP contribution < -0.4 is 10.1 Å². The Hall–Kier alpha value is -3.06. The van der Waals surface area contributed by atoms with E-state index in [-0.39, 0.29) is 17.8 Å². The van der Waals surface area contributed by atoms with Crippen molar-refractivity contribution in [3.63, 3.8) is 0 Å². The van der Waals surface area contributed by atoms with E-state index in [0.717, 1.165) is 10.4 Å². The van der Waals surface area contributed by atoms with Gasteiger partial charge in [-0.1, -0.05) is 6.07 Å². The quantitative estimate of drug-likeness (QED) is 0.688. The Bertz CT molecular complexity index is 974. The highest BCUT2D eigenvalue weighted by molar-refractivity contribution is 7.10. The predicted molar refractivity (Wildman–Crippen MR) is 102 cm³/mol. The molecule has 2 aromatic heterocycles. The van der Waals surface area contributed by atoms with Gasteiger partial charge in [-0.3, -0.25) is 14.8 Å². The van der Waals surface area contributed by atoms with E-state index >= 15 is 0 Å². The van der Waals surface area contributed by atoms with Gasteiger partial charge in [-0.15, -0.1) is 11.3 Å². The molecule has 0 spiro atoms. The first kappa shape index (κ1) is 17.4. The number of carbonyl (C=O) groups is 1. The summed E-state index contributed by atoms with van der Waals surface area (Å²) in [6.07, 6.45) is 8.23. The Morgan fingerprint density at radius 2 is 2.33 bits per heavy atom. The van der Waals surface area contributed by atoms with E-state index in [9.17, 15) is 9.18 Å². The van der Waals surface area contributed by atoms with Gasteiger partial charge in [0.1, 0.15) is 17.7 Å². The highest BCUT2D eigenvalue weighted by Crippen LogP contribution is 2.38. The number of benzene rings is 1. The molecule has 0 saturated carbocycles. The number of amides is 1. The van der Waals surface area contributed by atoms with Gasteiger partial charge in [-0.25, -0.2) is 4.39 Å². The third-order valence-electron chi connectivity index (χ3n) is 4.15. The molecule has 3 aromatic rings. The Kier molecular flexibility index (Phi) is 4.93. The van der Waals surface area contributed by atoms with Crippen LogP contribution >= 0.6 is 11.3 Å². The number of nitrogens with zero attached hydrogens (tertiary/aromatic N) is 2. The van der Waals surface area contributed by atoms with Crippen molar-refractivity contribution >= 4 is 23.3 Å². The van der Waals surface area contributed by atoms with Crippen LogP contribution in [0.3, 0.4) is 0 Å². The number of aromatic nitrogens is 2. The number of ether oxygens (including phenoxy) is 1. The van der Waals surface area contributed by atoms with Gasteiger partial charge in [0.05, 0.1) is 18.4 Å². The van der Waals surface area contributed by atoms with E-state index in [1.165, 1.54) is 18.2 Å². The molecule has 3 heterocycles. The maximum absolute atomic E-state index is 14.0. The van der Waals surface area contributed by atoms with Crippen molar-refractivity contribution in [2.24, 2.45) is 0 Å². The smallest absolute Gasteiger partial charge is 0.244 e. The minimum absolute atomic E-state index is 0.191. The molecule has 4 rings (SSSR count). The molecule has 0 saturated heterocycles. The maximum Gasteiger partial charge on any atom is 0.244 e. The largest absolute Gasteiger partial charge is 0.487 e. The normalized spacial score (nSPS) is 15.5. The Morgan fingerprint density at radius 3 is 3.11 bits per heavy atom. The first-order valence-corrected chi connectivity index (χ1v) is 9.32. The molecule has 0 aliphatic carbocycles. The summed E-state index contributed by atoms with van der Waals surface area (Å²) < 4.78 is 20.0. The highest BCUT2D eigenvalue weighted by atomic mass is 32.1. The maximum atomic E-state index is 14.0. The molecule has 1 amide bonds. The van der Waals surface area contributed by atoms with Crippen LogP contribution in [0.2, 0.25) is 0 Å². The number of halogens is 1. The summed E-state index contributed by atoms with van der Waals surface area (Å²) in [5.74, 6) is 0.0649. The van der Waals surface area contributed by atoms with Crippen molar-refractivity contribution in [3.8, 4) is 17.0 Å². The number of fused-ring (bicyclic) bond motifs is 1. The second kappa shape index (κ2) is 7.67. The van der Waals surface area contributed by atoms with Gasteiger partial charge in [0.2, 0.25) is 5.91 Å². The number of hydrogen-bond donors (Lipinski definition) is 1. The fourth-order valence-corrected chi connectivity index (χ4v) is 3.57. The van der Waals surface area contributed by atoms with Gasteiger partial charge in [0.25, 0.3) is 0 Å². The summed E-state index contributed by atoms with van der Waals surface area (Å²) >= 11 is 1.56. The minimum atomic E-state index is -0.346. The highest BCUT2D eigenvalue weighted by Gasteiger charge is 2.27. The molecule has 1 unspecified atom stereocenters. The first-order valence-electron chi connectivity index (χ1n) is 8.44. The van der Waals surface area contributed by atoms with E-state index in [0.29, 0.717) is 30.0 Å². The standard InChI is InChI=1S/C20H16FN3O2S/c21-14-8-13-9-15(11-24-19(25)4-3-16-2-1-7-27-16)26-20(13)17(10-14)18-12-22-5-6-23-18/h1-8,10,12,15H,9,11H2,(H,24,25). The lowest BCUT2D eigenvalue weighted by Gasteiger charge is -2.12. The van der Waals surface area contributed by atoms with Crippen molar-refractivity contribution in [1.29, 1.82) is 0 Å². The van der Waals surface area contributed by atoms with Gasteiger partial charge in [0, 0.05) is 40.9 Å². The lowest BCUT2D eigenvalue weighted by Crippen LogP contribution is -2.33. The Morgan fingerprint density at radius 1 is 1.41 bits per heavy atom. The molecule has 7 heteroatoms. The molecule has 0 radical (unpaired) electrons. The van der Waals surface area contributed by atoms with Gasteiger partial charge in [-0.2, -0.15) is 0 Å². The van der Waals surface area contributed by atoms with Gasteiger partial charge >= 0.3 is 0 Å². The fourth-order valence-electron chi connectivity index (χ4n) is 2.95. The number of thiophene rings is 1. The van der Waals surface area contributed by atoms with Crippen molar-refractivity contribution in [3.05, 3.63) is 70.6 Å². The van der Waals surface area contributed by atoms with E-state index in [4.69, 9.17) is 4.74 Å². The average molecular weight is 381 g/mol. The Balaban J connectivity index is 1.43. The summed E-state index contributed by atoms with van der Waals surface area (Å²) in [7, 11) is 0. The molecule has 136 valence electrons. The van der Waals surface area contributed by atoms with Crippen LogP contribution in [0.4, 0.5) is 4.39 Å². The molecule has 1 aliphatic heterocycles. The van der Waals surface area contributed by atoms with E-state index in [2.05, 4.69) is 15.3 Å². The van der Waals surface area contributed by atoms with Gasteiger partial charge < -0.3 is 10.1 Å². The summed E-state index contributed by atoms with van der Waals surface area (Å²) in [5, 5.41) is 4.78. The molecule has 1 atom stereocenters. The van der Waals surface area contributed by atoms with Crippen LogP contribution in [-0.2, 0) is 11.2 Å². The van der Waals surface area contributed by atoms with Gasteiger partial charge in [-0.05, 0) is 29.7 Å². The second-order valence-corrected chi connectivity index (χ2v) is 7.05. The molecule has 1 aromatic carbocycles. The molecular weight excluding hydrogens is 365 g/mol. The lowest BCUT2D eigenvalue weighted by atomic mass is 10.0. The van der Waals surface area contributed by atoms with E-state index < -0.39 is 0 Å². The number of nitrogens with one attached hydrogen (secondary N) is 1. The number of carbonyl (C=O) groups excluding carboxylic acids is 1. The van der Waals surface area contributed by atoms with Crippen LogP contribution in [0.5, 0.6) is 5.75 Å². The first-order chi connectivity index (χ1) is 13.2. The zero-order valence-electron chi connectivity index (χ0n) is 14.3. The zero-order valence-corrected chi connectivity index (χ0v) is 15.1. The third kappa shape index (κ3) is 4.03. The topological polar surface area (TPSA) is 64.1 Å². The minimum Gasteiger partial charge on any atom is -0.487 e. The van der Waals surface area contributed by atoms with Crippen molar-refractivity contribution in [2.45, 2.75) is 12.5 Å². The molecule has 1 N–H and O–H groups in total. The van der Waals surface area contributed by atoms with Crippen LogP contribution in [0.1, 0.15) is 10.4 Å². The molecule has 0 fully saturated rings. The van der Waals surface area contributed by atoms with Crippen molar-refractivity contribution in [1.82, 2.24) is 15.3 Å². The SMILES string of the molecule is O=C(C=Cc1cccs1)NCC1Cc2cc(F)cc(-c3cnccn3)c2O1. The third-order valence-corrected chi connectivity index (χ3v) is 4.99. The average Bonchev–Trinajstić information content (AvgIpc) is 3.34. The molecular formula is C20H16FN3O2S. The Labute approximate surface area is 159 Å². The number of hydrogen-bond acceptors (Lipinski definition) is 5. The zero-order chi connectivity index (χ0) is 18.6. The van der Waals surface area contributed by atoms with Crippen LogP contribution in [0.25, 0.3) is 17.3 Å². The molecule has 1 aliphatic rings. The molecule has 27 heavy (non-hydrogen) atoms. The lowest BCUT2D eigenvalue weighted by molar-refractivity contribution is -0.116. The summed E-state index contributed by atoms with van der Waals surface area (Å²) in [6.45, 7) is 0.337. The van der Waals surface area contributed by atoms with Crippen LogP contribution in [-0.4, -0.2) is 28.5 Å². The van der Waals surface area contributed by atoms with E-state index in [1.54, 1.807) is 36.0 Å². The fraction of sp³-hybridized carbons (Fsp3) is 0.150. The van der Waals surface area contributed by atoms with Crippen molar-refractivity contribution < 1.29 is 13.9 Å². The molecule has 5 nitrogen and oxygen atoms in total. The van der Waals surface area contributed by atoms with Crippen LogP contribution in [0, 0.1) is 5.82 Å². The predicted octanol–water partition coefficient (Wildman–Crippen LogP) is 3.48. The molecule has 0 bridgehead atoms. The van der Waals surface area contributed by atoms with Crippen LogP contribution in [0.15, 0.2) is 54.3 Å². The number of rotatable bonds is 5. The van der Waals surface area contributed by atoms with E-state index in [1.807, 2.05) is 17.5 Å². The monoisotopic (exact) mass is 381 g/mol. The summed E-state index contributed by atoms with van der Waals surface area (Å²) in [4.78, 5) is 21.3. The second-order valence-electron chi connectivity index (χ2n) is 6.07. The van der Waals surface area contributed by atoms with Crippen molar-refractivity contribution in [2.75, 3.05) is 6.54 Å². The summed E-state index contributed by atoms with van der Waals surface area (Å²) in [5.41, 5.74) is 1.89. The summed E-state index contributed by atoms with van der Waals surface area (Å²) in [6, 6.07) is 6.73. The van der Waals surface area contributed by atoms with Gasteiger partial charge in [0.15, 0.2) is 0 Å².